The second-order valence-electron chi connectivity index (χ2n) is 5.37. The second-order valence-corrected chi connectivity index (χ2v) is 6.49. The molecule has 1 unspecified atom stereocenters. The van der Waals surface area contributed by atoms with Gasteiger partial charge >= 0.3 is 12.3 Å². The Morgan fingerprint density at radius 2 is 1.90 bits per heavy atom. The van der Waals surface area contributed by atoms with Gasteiger partial charge in [-0.15, -0.1) is 11.3 Å². The summed E-state index contributed by atoms with van der Waals surface area (Å²) < 4.78 is 42.8. The minimum Gasteiger partial charge on any atom is -0.444 e. The van der Waals surface area contributed by atoms with Crippen molar-refractivity contribution < 1.29 is 27.5 Å². The minimum absolute atomic E-state index is 0.130. The van der Waals surface area contributed by atoms with Crippen molar-refractivity contribution in [3.05, 3.63) is 21.9 Å². The van der Waals surface area contributed by atoms with Crippen LogP contribution >= 0.6 is 11.3 Å². The summed E-state index contributed by atoms with van der Waals surface area (Å²) in [5, 5.41) is 0. The van der Waals surface area contributed by atoms with Crippen molar-refractivity contribution in [2.24, 2.45) is 0 Å². The van der Waals surface area contributed by atoms with E-state index in [4.69, 9.17) is 4.74 Å². The summed E-state index contributed by atoms with van der Waals surface area (Å²) in [5.74, 6) is 0. The summed E-state index contributed by atoms with van der Waals surface area (Å²) in [6, 6.07) is 0.966. The van der Waals surface area contributed by atoms with Crippen LogP contribution in [0.5, 0.6) is 0 Å². The summed E-state index contributed by atoms with van der Waals surface area (Å²) in [5.41, 5.74) is -0.759. The van der Waals surface area contributed by atoms with E-state index in [1.807, 2.05) is 0 Å². The molecule has 1 atom stereocenters. The van der Waals surface area contributed by atoms with Gasteiger partial charge in [-0.1, -0.05) is 0 Å². The topological polar surface area (TPSA) is 46.6 Å². The van der Waals surface area contributed by atoms with Gasteiger partial charge < -0.3 is 9.53 Å². The number of likely N-dealkylation sites (N-methyl/N-ethyl adjacent to an activating group) is 1. The molecule has 21 heavy (non-hydrogen) atoms. The van der Waals surface area contributed by atoms with Crippen LogP contribution in [0.1, 0.15) is 36.6 Å². The number of nitrogens with zero attached hydrogens (tertiary/aromatic N) is 1. The molecule has 1 aromatic rings. The first-order valence-corrected chi connectivity index (χ1v) is 6.85. The fraction of sp³-hybridized carbons (Fsp3) is 0.538. The summed E-state index contributed by atoms with van der Waals surface area (Å²) in [6.45, 7) is 4.96. The first kappa shape index (κ1) is 17.5. The van der Waals surface area contributed by atoms with Crippen LogP contribution in [0.25, 0.3) is 0 Å². The predicted octanol–water partition coefficient (Wildman–Crippen LogP) is 3.87. The third-order valence-corrected chi connectivity index (χ3v) is 3.63. The number of thiophene rings is 1. The number of amides is 1. The van der Waals surface area contributed by atoms with Gasteiger partial charge in [0.25, 0.3) is 0 Å². The van der Waals surface area contributed by atoms with Crippen molar-refractivity contribution in [3.63, 3.8) is 0 Å². The molecule has 0 aliphatic rings. The minimum atomic E-state index is -4.47. The maximum absolute atomic E-state index is 12.6. The fourth-order valence-electron chi connectivity index (χ4n) is 1.46. The van der Waals surface area contributed by atoms with Crippen LogP contribution in [0.3, 0.4) is 0 Å². The Morgan fingerprint density at radius 3 is 2.29 bits per heavy atom. The lowest BCUT2D eigenvalue weighted by Gasteiger charge is -2.27. The molecule has 4 nitrogen and oxygen atoms in total. The van der Waals surface area contributed by atoms with Crippen molar-refractivity contribution in [3.8, 4) is 0 Å². The highest BCUT2D eigenvalue weighted by Gasteiger charge is 2.34. The van der Waals surface area contributed by atoms with Crippen molar-refractivity contribution >= 4 is 23.7 Å². The van der Waals surface area contributed by atoms with E-state index < -0.39 is 28.8 Å². The number of aldehydes is 1. The van der Waals surface area contributed by atoms with Crippen LogP contribution < -0.4 is 0 Å². The monoisotopic (exact) mass is 323 g/mol. The highest BCUT2D eigenvalue weighted by Crippen LogP contribution is 2.37. The molecule has 0 aliphatic heterocycles. The van der Waals surface area contributed by atoms with Crippen molar-refractivity contribution in [2.45, 2.75) is 38.6 Å². The number of halogens is 3. The first-order chi connectivity index (χ1) is 9.45. The maximum atomic E-state index is 12.6. The largest absolute Gasteiger partial charge is 0.444 e. The lowest BCUT2D eigenvalue weighted by Crippen LogP contribution is -2.37. The molecule has 8 heteroatoms. The molecule has 0 aliphatic carbocycles. The van der Waals surface area contributed by atoms with Crippen molar-refractivity contribution in [1.29, 1.82) is 0 Å². The molecule has 1 aromatic heterocycles. The van der Waals surface area contributed by atoms with E-state index in [1.165, 1.54) is 13.1 Å². The van der Waals surface area contributed by atoms with Crippen LogP contribution in [-0.4, -0.2) is 29.9 Å². The summed E-state index contributed by atoms with van der Waals surface area (Å²) in [6.07, 6.45) is -4.84. The number of carbonyl (C=O) groups is 2. The quantitative estimate of drug-likeness (QED) is 0.793. The zero-order chi connectivity index (χ0) is 16.4. The highest BCUT2D eigenvalue weighted by molar-refractivity contribution is 7.12. The number of alkyl halides is 3. The van der Waals surface area contributed by atoms with Crippen LogP contribution in [0, 0.1) is 0 Å². The smallest absolute Gasteiger partial charge is 0.425 e. The third-order valence-electron chi connectivity index (χ3n) is 2.43. The zero-order valence-electron chi connectivity index (χ0n) is 12.0. The van der Waals surface area contributed by atoms with Crippen LogP contribution in [-0.2, 0) is 15.7 Å². The molecule has 1 amide bonds. The number of hydrogen-bond donors (Lipinski definition) is 0. The standard InChI is InChI=1S/C13H16F3NO3S/c1-12(2,3)20-11(19)17(4)8(7-18)9-5-6-10(21-9)13(14,15)16/h5-8H,1-4H3. The Bertz CT molecular complexity index is 519. The van der Waals surface area contributed by atoms with Gasteiger partial charge in [-0.2, -0.15) is 13.2 Å². The molecule has 0 saturated heterocycles. The van der Waals surface area contributed by atoms with Gasteiger partial charge in [-0.05, 0) is 32.9 Å². The van der Waals surface area contributed by atoms with Gasteiger partial charge in [0.15, 0.2) is 0 Å². The number of carbonyl (C=O) groups excluding carboxylic acids is 2. The van der Waals surface area contributed by atoms with Gasteiger partial charge in [0.2, 0.25) is 0 Å². The molecule has 0 radical (unpaired) electrons. The van der Waals surface area contributed by atoms with Gasteiger partial charge in [0, 0.05) is 11.9 Å². The lowest BCUT2D eigenvalue weighted by molar-refractivity contribution is -0.134. The number of hydrogen-bond acceptors (Lipinski definition) is 4. The Balaban J connectivity index is 2.95. The summed E-state index contributed by atoms with van der Waals surface area (Å²) in [7, 11) is 1.31. The van der Waals surface area contributed by atoms with Crippen LogP contribution in [0.2, 0.25) is 0 Å². The summed E-state index contributed by atoms with van der Waals surface area (Å²) in [4.78, 5) is 23.3. The summed E-state index contributed by atoms with van der Waals surface area (Å²) >= 11 is 0.431. The highest BCUT2D eigenvalue weighted by atomic mass is 32.1. The Hall–Kier alpha value is -1.57. The average molecular weight is 323 g/mol. The van der Waals surface area contributed by atoms with Gasteiger partial charge in [-0.3, -0.25) is 4.90 Å². The van der Waals surface area contributed by atoms with Crippen LogP contribution in [0.4, 0.5) is 18.0 Å². The van der Waals surface area contributed by atoms with E-state index >= 15 is 0 Å². The fourth-order valence-corrected chi connectivity index (χ4v) is 2.44. The van der Waals surface area contributed by atoms with Crippen LogP contribution in [0.15, 0.2) is 12.1 Å². The molecule has 1 heterocycles. The molecule has 0 fully saturated rings. The number of rotatable bonds is 3. The van der Waals surface area contributed by atoms with Crippen molar-refractivity contribution in [1.82, 2.24) is 4.90 Å². The molecule has 118 valence electrons. The normalized spacial score (nSPS) is 13.7. The van der Waals surface area contributed by atoms with Gasteiger partial charge in [-0.25, -0.2) is 4.79 Å². The van der Waals surface area contributed by atoms with E-state index in [9.17, 15) is 22.8 Å². The van der Waals surface area contributed by atoms with E-state index in [0.717, 1.165) is 11.0 Å². The molecule has 0 spiro atoms. The Kier molecular flexibility index (Phi) is 5.03. The molecule has 0 N–H and O–H groups in total. The molecule has 0 saturated carbocycles. The third kappa shape index (κ3) is 4.73. The Morgan fingerprint density at radius 1 is 1.33 bits per heavy atom. The number of ether oxygens (including phenoxy) is 1. The molecular formula is C13H16F3NO3S. The van der Waals surface area contributed by atoms with E-state index in [1.54, 1.807) is 20.8 Å². The second kappa shape index (κ2) is 6.05. The van der Waals surface area contributed by atoms with Crippen molar-refractivity contribution in [2.75, 3.05) is 7.05 Å². The Labute approximate surface area is 124 Å². The average Bonchev–Trinajstić information content (AvgIpc) is 2.76. The van der Waals surface area contributed by atoms with E-state index in [-0.39, 0.29) is 4.88 Å². The zero-order valence-corrected chi connectivity index (χ0v) is 12.8. The lowest BCUT2D eigenvalue weighted by atomic mass is 10.2. The molecule has 1 rings (SSSR count). The maximum Gasteiger partial charge on any atom is 0.425 e. The SMILES string of the molecule is CN(C(=O)OC(C)(C)C)C(C=O)c1ccc(C(F)(F)F)s1. The predicted molar refractivity (Wildman–Crippen MR) is 72.1 cm³/mol. The molecular weight excluding hydrogens is 307 g/mol. The van der Waals surface area contributed by atoms with Gasteiger partial charge in [0.1, 0.15) is 22.8 Å². The van der Waals surface area contributed by atoms with Gasteiger partial charge in [0.05, 0.1) is 0 Å². The van der Waals surface area contributed by atoms with E-state index in [0.29, 0.717) is 17.6 Å². The molecule has 0 bridgehead atoms. The molecule has 0 aromatic carbocycles. The first-order valence-electron chi connectivity index (χ1n) is 6.03. The van der Waals surface area contributed by atoms with E-state index in [2.05, 4.69) is 0 Å².